The van der Waals surface area contributed by atoms with Gasteiger partial charge in [0.05, 0.1) is 7.11 Å². The molecule has 1 heterocycles. The Morgan fingerprint density at radius 3 is 2.67 bits per heavy atom. The number of hydrogen-bond donors (Lipinski definition) is 1. The fraction of sp³-hybridized carbons (Fsp3) is 0.625. The maximum atomic E-state index is 13.7. The van der Waals surface area contributed by atoms with Crippen molar-refractivity contribution in [3.63, 3.8) is 0 Å². The van der Waals surface area contributed by atoms with E-state index in [0.29, 0.717) is 0 Å². The fourth-order valence-corrected chi connectivity index (χ4v) is 3.10. The lowest BCUT2D eigenvalue weighted by atomic mass is 9.97. The molecule has 0 bridgehead atoms. The average molecular weight is 315 g/mol. The van der Waals surface area contributed by atoms with E-state index in [1.54, 1.807) is 19.2 Å². The second-order valence-electron chi connectivity index (χ2n) is 5.87. The molecule has 0 aromatic heterocycles. The number of piperazine rings is 1. The van der Waals surface area contributed by atoms with Crippen LogP contribution in [0.1, 0.15) is 30.9 Å². The number of benzene rings is 1. The maximum absolute atomic E-state index is 13.7. The molecule has 2 aliphatic rings. The molecule has 1 aliphatic heterocycles. The normalized spacial score (nSPS) is 20.7. The van der Waals surface area contributed by atoms with Gasteiger partial charge in [-0.2, -0.15) is 0 Å². The van der Waals surface area contributed by atoms with Gasteiger partial charge in [-0.15, -0.1) is 12.4 Å². The molecule has 3 nitrogen and oxygen atoms in total. The van der Waals surface area contributed by atoms with Gasteiger partial charge < -0.3 is 10.1 Å². The van der Waals surface area contributed by atoms with Gasteiger partial charge in [-0.05, 0) is 30.5 Å². The molecule has 0 amide bonds. The molecule has 0 spiro atoms. The Morgan fingerprint density at radius 2 is 2.05 bits per heavy atom. The summed E-state index contributed by atoms with van der Waals surface area (Å²) in [6, 6.07) is 5.19. The lowest BCUT2D eigenvalue weighted by Gasteiger charge is -2.36. The molecule has 1 N–H and O–H groups in total. The van der Waals surface area contributed by atoms with Gasteiger partial charge in [0, 0.05) is 37.8 Å². The summed E-state index contributed by atoms with van der Waals surface area (Å²) in [5.41, 5.74) is 1.02. The summed E-state index contributed by atoms with van der Waals surface area (Å²) in [7, 11) is 1.67. The van der Waals surface area contributed by atoms with E-state index in [1.165, 1.54) is 18.9 Å². The van der Waals surface area contributed by atoms with Gasteiger partial charge in [-0.25, -0.2) is 4.39 Å². The standard InChI is InChI=1S/C16H23FN2O.ClH/c1-20-16-5-4-13(17)11-14(16)15(10-12-2-3-12)19-8-6-18-7-9-19;/h4-5,11-12,15,18H,2-3,6-10H2,1H3;1H/t15-;/m0./s1. The van der Waals surface area contributed by atoms with E-state index in [0.717, 1.165) is 49.8 Å². The molecule has 0 unspecified atom stereocenters. The highest BCUT2D eigenvalue weighted by Crippen LogP contribution is 2.42. The Kier molecular flexibility index (Phi) is 5.85. The highest BCUT2D eigenvalue weighted by Gasteiger charge is 2.32. The quantitative estimate of drug-likeness (QED) is 0.904. The summed E-state index contributed by atoms with van der Waals surface area (Å²) >= 11 is 0. The molecule has 0 radical (unpaired) electrons. The van der Waals surface area contributed by atoms with Crippen LogP contribution in [0.2, 0.25) is 0 Å². The van der Waals surface area contributed by atoms with Crippen LogP contribution in [0.4, 0.5) is 4.39 Å². The second-order valence-corrected chi connectivity index (χ2v) is 5.87. The molecule has 118 valence electrons. The van der Waals surface area contributed by atoms with Gasteiger partial charge in [0.25, 0.3) is 0 Å². The SMILES string of the molecule is COc1ccc(F)cc1[C@H](CC1CC1)N1CCNCC1.Cl. The molecular formula is C16H24ClFN2O. The van der Waals surface area contributed by atoms with Crippen molar-refractivity contribution in [2.45, 2.75) is 25.3 Å². The zero-order valence-electron chi connectivity index (χ0n) is 12.5. The van der Waals surface area contributed by atoms with Gasteiger partial charge in [0.15, 0.2) is 0 Å². The van der Waals surface area contributed by atoms with Crippen LogP contribution in [-0.2, 0) is 0 Å². The van der Waals surface area contributed by atoms with Crippen molar-refractivity contribution in [1.29, 1.82) is 0 Å². The first-order chi connectivity index (χ1) is 9.78. The van der Waals surface area contributed by atoms with Crippen LogP contribution in [0.25, 0.3) is 0 Å². The van der Waals surface area contributed by atoms with E-state index in [4.69, 9.17) is 4.74 Å². The Hall–Kier alpha value is -0.840. The van der Waals surface area contributed by atoms with Gasteiger partial charge in [0.2, 0.25) is 0 Å². The number of halogens is 2. The van der Waals surface area contributed by atoms with Crippen LogP contribution < -0.4 is 10.1 Å². The first kappa shape index (κ1) is 16.5. The van der Waals surface area contributed by atoms with E-state index in [9.17, 15) is 4.39 Å². The van der Waals surface area contributed by atoms with E-state index in [-0.39, 0.29) is 24.3 Å². The van der Waals surface area contributed by atoms with E-state index in [2.05, 4.69) is 10.2 Å². The minimum Gasteiger partial charge on any atom is -0.496 e. The van der Waals surface area contributed by atoms with Crippen LogP contribution in [0.15, 0.2) is 18.2 Å². The Labute approximate surface area is 132 Å². The summed E-state index contributed by atoms with van der Waals surface area (Å²) in [6.07, 6.45) is 3.76. The van der Waals surface area contributed by atoms with Crippen LogP contribution in [0.5, 0.6) is 5.75 Å². The molecule has 1 aliphatic carbocycles. The summed E-state index contributed by atoms with van der Waals surface area (Å²) < 4.78 is 19.1. The lowest BCUT2D eigenvalue weighted by molar-refractivity contribution is 0.157. The number of nitrogens with one attached hydrogen (secondary N) is 1. The topological polar surface area (TPSA) is 24.5 Å². The highest BCUT2D eigenvalue weighted by molar-refractivity contribution is 5.85. The van der Waals surface area contributed by atoms with Gasteiger partial charge >= 0.3 is 0 Å². The molecule has 2 fully saturated rings. The van der Waals surface area contributed by atoms with Crippen molar-refractivity contribution >= 4 is 12.4 Å². The molecule has 1 aromatic carbocycles. The monoisotopic (exact) mass is 314 g/mol. The second kappa shape index (κ2) is 7.43. The van der Waals surface area contributed by atoms with Gasteiger partial charge in [-0.1, -0.05) is 12.8 Å². The van der Waals surface area contributed by atoms with Gasteiger partial charge in [-0.3, -0.25) is 4.90 Å². The summed E-state index contributed by atoms with van der Waals surface area (Å²) in [5.74, 6) is 1.45. The van der Waals surface area contributed by atoms with Crippen molar-refractivity contribution in [3.8, 4) is 5.75 Å². The largest absolute Gasteiger partial charge is 0.496 e. The zero-order chi connectivity index (χ0) is 13.9. The molecular weight excluding hydrogens is 291 g/mol. The maximum Gasteiger partial charge on any atom is 0.123 e. The number of nitrogens with zero attached hydrogens (tertiary/aromatic N) is 1. The third-order valence-corrected chi connectivity index (χ3v) is 4.40. The van der Waals surface area contributed by atoms with Crippen LogP contribution in [0.3, 0.4) is 0 Å². The predicted octanol–water partition coefficient (Wildman–Crippen LogP) is 3.00. The minimum atomic E-state index is -0.170. The molecule has 1 saturated carbocycles. The predicted molar refractivity (Wildman–Crippen MR) is 84.7 cm³/mol. The zero-order valence-corrected chi connectivity index (χ0v) is 13.3. The number of methoxy groups -OCH3 is 1. The van der Waals surface area contributed by atoms with Crippen LogP contribution >= 0.6 is 12.4 Å². The smallest absolute Gasteiger partial charge is 0.123 e. The lowest BCUT2D eigenvalue weighted by Crippen LogP contribution is -2.45. The third-order valence-electron chi connectivity index (χ3n) is 4.40. The van der Waals surface area contributed by atoms with E-state index in [1.807, 2.05) is 0 Å². The van der Waals surface area contributed by atoms with Crippen molar-refractivity contribution in [2.24, 2.45) is 5.92 Å². The number of ether oxygens (including phenoxy) is 1. The summed E-state index contributed by atoms with van der Waals surface area (Å²) in [4.78, 5) is 2.48. The van der Waals surface area contributed by atoms with Gasteiger partial charge in [0.1, 0.15) is 11.6 Å². The number of rotatable bonds is 5. The first-order valence-corrected chi connectivity index (χ1v) is 7.56. The van der Waals surface area contributed by atoms with Crippen molar-refractivity contribution < 1.29 is 9.13 Å². The van der Waals surface area contributed by atoms with Crippen molar-refractivity contribution in [3.05, 3.63) is 29.6 Å². The Balaban J connectivity index is 0.00000161. The molecule has 1 aromatic rings. The first-order valence-electron chi connectivity index (χ1n) is 7.56. The third kappa shape index (κ3) is 4.09. The van der Waals surface area contributed by atoms with Crippen molar-refractivity contribution in [2.75, 3.05) is 33.3 Å². The number of hydrogen-bond acceptors (Lipinski definition) is 3. The molecule has 21 heavy (non-hydrogen) atoms. The molecule has 1 saturated heterocycles. The fourth-order valence-electron chi connectivity index (χ4n) is 3.10. The molecule has 3 rings (SSSR count). The average Bonchev–Trinajstić information content (AvgIpc) is 3.30. The van der Waals surface area contributed by atoms with Crippen LogP contribution in [-0.4, -0.2) is 38.2 Å². The Morgan fingerprint density at radius 1 is 1.33 bits per heavy atom. The Bertz CT molecular complexity index is 462. The highest BCUT2D eigenvalue weighted by atomic mass is 35.5. The summed E-state index contributed by atoms with van der Waals surface area (Å²) in [6.45, 7) is 4.08. The van der Waals surface area contributed by atoms with Crippen LogP contribution in [0, 0.1) is 11.7 Å². The molecule has 5 heteroatoms. The van der Waals surface area contributed by atoms with E-state index >= 15 is 0 Å². The molecule has 1 atom stereocenters. The van der Waals surface area contributed by atoms with E-state index < -0.39 is 0 Å². The minimum absolute atomic E-state index is 0. The van der Waals surface area contributed by atoms with Crippen molar-refractivity contribution in [1.82, 2.24) is 10.2 Å². The summed E-state index contributed by atoms with van der Waals surface area (Å²) in [5, 5.41) is 3.38.